The first-order valence-corrected chi connectivity index (χ1v) is 13.6. The van der Waals surface area contributed by atoms with Crippen molar-refractivity contribution < 1.29 is 14.0 Å². The average molecular weight is 503 g/mol. The molecule has 0 radical (unpaired) electrons. The van der Waals surface area contributed by atoms with Crippen molar-refractivity contribution in [1.29, 1.82) is 0 Å². The predicted octanol–water partition coefficient (Wildman–Crippen LogP) is 6.20. The van der Waals surface area contributed by atoms with Crippen molar-refractivity contribution in [2.45, 2.75) is 78.1 Å². The van der Waals surface area contributed by atoms with Crippen LogP contribution in [0.25, 0.3) is 0 Å². The van der Waals surface area contributed by atoms with Gasteiger partial charge in [0.05, 0.1) is 12.7 Å². The lowest BCUT2D eigenvalue weighted by Crippen LogP contribution is -2.52. The molecule has 2 rings (SSSR count). The van der Waals surface area contributed by atoms with Crippen LogP contribution in [0.1, 0.15) is 53.5 Å². The summed E-state index contributed by atoms with van der Waals surface area (Å²) in [4.78, 5) is 13.1. The monoisotopic (exact) mass is 502 g/mol. The lowest BCUT2D eigenvalue weighted by molar-refractivity contribution is -0.152. The van der Waals surface area contributed by atoms with Gasteiger partial charge in [-0.3, -0.25) is 4.79 Å². The molecule has 27 heavy (non-hydrogen) atoms. The molecule has 0 spiro atoms. The SMILES string of the molecule is COC(=O)[C@]1(Cc2ccccc2I)C[C@]1(O[Si](C)(C)C(C)(C)C)C(C)(C)C. The Morgan fingerprint density at radius 3 is 2.15 bits per heavy atom. The predicted molar refractivity (Wildman–Crippen MR) is 122 cm³/mol. The van der Waals surface area contributed by atoms with E-state index in [4.69, 9.17) is 9.16 Å². The Kier molecular flexibility index (Phi) is 6.04. The molecular formula is C22H35IO3Si. The summed E-state index contributed by atoms with van der Waals surface area (Å²) in [5.41, 5.74) is -0.114. The molecule has 0 bridgehead atoms. The summed E-state index contributed by atoms with van der Waals surface area (Å²) in [5.74, 6) is -0.143. The molecule has 152 valence electrons. The molecule has 1 aliphatic carbocycles. The highest BCUT2D eigenvalue weighted by Gasteiger charge is 2.79. The fourth-order valence-corrected chi connectivity index (χ4v) is 6.25. The van der Waals surface area contributed by atoms with Gasteiger partial charge in [0.1, 0.15) is 5.41 Å². The molecule has 1 aromatic carbocycles. The number of hydrogen-bond donors (Lipinski definition) is 0. The van der Waals surface area contributed by atoms with Gasteiger partial charge in [0.25, 0.3) is 0 Å². The minimum atomic E-state index is -2.08. The fraction of sp³-hybridized carbons (Fsp3) is 0.682. The van der Waals surface area contributed by atoms with Crippen LogP contribution in [0.4, 0.5) is 0 Å². The van der Waals surface area contributed by atoms with E-state index in [0.29, 0.717) is 12.8 Å². The zero-order chi connectivity index (χ0) is 20.9. The van der Waals surface area contributed by atoms with E-state index in [9.17, 15) is 4.79 Å². The van der Waals surface area contributed by atoms with Crippen molar-refractivity contribution >= 4 is 36.9 Å². The zero-order valence-electron chi connectivity index (χ0n) is 18.3. The van der Waals surface area contributed by atoms with Crippen LogP contribution in [0, 0.1) is 14.4 Å². The van der Waals surface area contributed by atoms with Gasteiger partial charge in [0.15, 0.2) is 8.32 Å². The second-order valence-corrected chi connectivity index (χ2v) is 16.3. The summed E-state index contributed by atoms with van der Waals surface area (Å²) in [7, 11) is -0.577. The molecule has 0 aromatic heterocycles. The third-order valence-electron chi connectivity index (χ3n) is 6.67. The van der Waals surface area contributed by atoms with E-state index < -0.39 is 19.3 Å². The van der Waals surface area contributed by atoms with Crippen LogP contribution in [0.2, 0.25) is 18.1 Å². The van der Waals surface area contributed by atoms with Crippen molar-refractivity contribution in [3.63, 3.8) is 0 Å². The average Bonchev–Trinajstić information content (AvgIpc) is 3.16. The maximum Gasteiger partial charge on any atom is 0.315 e. The van der Waals surface area contributed by atoms with Crippen molar-refractivity contribution in [2.24, 2.45) is 10.8 Å². The van der Waals surface area contributed by atoms with Crippen molar-refractivity contribution in [3.05, 3.63) is 33.4 Å². The first-order chi connectivity index (χ1) is 12.1. The summed E-state index contributed by atoms with van der Waals surface area (Å²) < 4.78 is 13.6. The normalized spacial score (nSPS) is 26.0. The van der Waals surface area contributed by atoms with E-state index in [1.54, 1.807) is 0 Å². The lowest BCUT2D eigenvalue weighted by Gasteiger charge is -2.46. The molecule has 1 fully saturated rings. The Balaban J connectivity index is 2.55. The van der Waals surface area contributed by atoms with Gasteiger partial charge >= 0.3 is 5.97 Å². The van der Waals surface area contributed by atoms with Crippen LogP contribution in [0.5, 0.6) is 0 Å². The molecule has 0 aliphatic heterocycles. The summed E-state index contributed by atoms with van der Waals surface area (Å²) in [6.45, 7) is 17.9. The molecule has 3 nitrogen and oxygen atoms in total. The van der Waals surface area contributed by atoms with E-state index in [1.807, 2.05) is 12.1 Å². The van der Waals surface area contributed by atoms with E-state index in [2.05, 4.69) is 89.4 Å². The molecule has 2 atom stereocenters. The molecule has 1 aliphatic rings. The van der Waals surface area contributed by atoms with Crippen LogP contribution in [-0.4, -0.2) is 27.0 Å². The number of esters is 1. The molecule has 1 aromatic rings. The number of ether oxygens (including phenoxy) is 1. The maximum absolute atomic E-state index is 13.1. The van der Waals surface area contributed by atoms with Gasteiger partial charge in [0, 0.05) is 3.57 Å². The second kappa shape index (κ2) is 7.13. The molecule has 0 unspecified atom stereocenters. The highest BCUT2D eigenvalue weighted by Crippen LogP contribution is 2.70. The number of rotatable bonds is 5. The zero-order valence-corrected chi connectivity index (χ0v) is 21.5. The minimum absolute atomic E-state index is 0.0802. The van der Waals surface area contributed by atoms with E-state index in [-0.39, 0.29) is 16.4 Å². The van der Waals surface area contributed by atoms with E-state index >= 15 is 0 Å². The van der Waals surface area contributed by atoms with Crippen LogP contribution < -0.4 is 0 Å². The van der Waals surface area contributed by atoms with Gasteiger partial charge < -0.3 is 9.16 Å². The van der Waals surface area contributed by atoms with E-state index in [1.165, 1.54) is 16.2 Å². The van der Waals surface area contributed by atoms with Crippen molar-refractivity contribution in [2.75, 3.05) is 7.11 Å². The standard InChI is InChI=1S/C22H35IO3Si/c1-19(2,3)22(26-27(8,9)20(4,5)6)15-21(22,18(24)25-7)14-16-12-10-11-13-17(16)23/h10-13H,14-15H2,1-9H3/t21-,22-/m0/s1. The smallest absolute Gasteiger partial charge is 0.315 e. The number of carbonyl (C=O) groups excluding carboxylic acids is 1. The maximum atomic E-state index is 13.1. The first-order valence-electron chi connectivity index (χ1n) is 9.66. The van der Waals surface area contributed by atoms with Gasteiger partial charge in [-0.05, 0) is 70.6 Å². The molecule has 5 heteroatoms. The van der Waals surface area contributed by atoms with Crippen LogP contribution in [-0.2, 0) is 20.4 Å². The van der Waals surface area contributed by atoms with Crippen LogP contribution in [0.15, 0.2) is 24.3 Å². The van der Waals surface area contributed by atoms with Crippen LogP contribution in [0.3, 0.4) is 0 Å². The Morgan fingerprint density at radius 2 is 1.70 bits per heavy atom. The van der Waals surface area contributed by atoms with Gasteiger partial charge in [-0.15, -0.1) is 0 Å². The Morgan fingerprint density at radius 1 is 1.15 bits per heavy atom. The Hall–Kier alpha value is -0.403. The number of halogens is 1. The summed E-state index contributed by atoms with van der Waals surface area (Å²) in [5, 5.41) is 0.0802. The third-order valence-corrected chi connectivity index (χ3v) is 12.2. The van der Waals surface area contributed by atoms with Crippen LogP contribution >= 0.6 is 22.6 Å². The Labute approximate surface area is 179 Å². The number of carbonyl (C=O) groups is 1. The molecular weight excluding hydrogens is 467 g/mol. The highest BCUT2D eigenvalue weighted by atomic mass is 127. The highest BCUT2D eigenvalue weighted by molar-refractivity contribution is 14.1. The quantitative estimate of drug-likeness (QED) is 0.273. The molecule has 0 amide bonds. The molecule has 0 N–H and O–H groups in total. The van der Waals surface area contributed by atoms with Gasteiger partial charge in [-0.2, -0.15) is 0 Å². The lowest BCUT2D eigenvalue weighted by atomic mass is 9.78. The van der Waals surface area contributed by atoms with Crippen molar-refractivity contribution in [3.8, 4) is 0 Å². The van der Waals surface area contributed by atoms with Gasteiger partial charge in [0.2, 0.25) is 0 Å². The van der Waals surface area contributed by atoms with E-state index in [0.717, 1.165) is 0 Å². The van der Waals surface area contributed by atoms with Gasteiger partial charge in [-0.25, -0.2) is 0 Å². The number of methoxy groups -OCH3 is 1. The summed E-state index contributed by atoms with van der Waals surface area (Å²) in [6.07, 6.45) is 1.37. The molecule has 1 saturated carbocycles. The number of benzene rings is 1. The molecule has 0 heterocycles. The largest absolute Gasteiger partial charge is 0.468 e. The molecule has 0 saturated heterocycles. The fourth-order valence-electron chi connectivity index (χ4n) is 3.92. The summed E-state index contributed by atoms with van der Waals surface area (Å²) in [6, 6.07) is 8.28. The Bertz CT molecular complexity index is 717. The summed E-state index contributed by atoms with van der Waals surface area (Å²) >= 11 is 2.35. The second-order valence-electron chi connectivity index (χ2n) is 10.5. The first kappa shape index (κ1) is 22.9. The van der Waals surface area contributed by atoms with Gasteiger partial charge in [-0.1, -0.05) is 59.7 Å². The van der Waals surface area contributed by atoms with Crippen molar-refractivity contribution in [1.82, 2.24) is 0 Å². The minimum Gasteiger partial charge on any atom is -0.468 e. The topological polar surface area (TPSA) is 35.5 Å². The third kappa shape index (κ3) is 3.88. The number of hydrogen-bond acceptors (Lipinski definition) is 3.